The van der Waals surface area contributed by atoms with Gasteiger partial charge >= 0.3 is 0 Å². The topological polar surface area (TPSA) is 3.24 Å². The summed E-state index contributed by atoms with van der Waals surface area (Å²) in [6.45, 7) is 11.8. The van der Waals surface area contributed by atoms with E-state index in [0.29, 0.717) is 0 Å². The Hall–Kier alpha value is -1.46. The van der Waals surface area contributed by atoms with Crippen LogP contribution >= 0.6 is 0 Å². The fourth-order valence-electron chi connectivity index (χ4n) is 1.46. The normalized spacial score (nSPS) is 20.1. The fraction of sp³-hybridized carbons (Fsp3) is 0.357. The van der Waals surface area contributed by atoms with Gasteiger partial charge in [0.15, 0.2) is 0 Å². The van der Waals surface area contributed by atoms with Crippen molar-refractivity contribution >= 4 is 0 Å². The Kier molecular flexibility index (Phi) is 6.24. The molecule has 1 rings (SSSR count). The lowest BCUT2D eigenvalue weighted by molar-refractivity contribution is 0.573. The summed E-state index contributed by atoms with van der Waals surface area (Å²) in [6, 6.07) is 0. The lowest BCUT2D eigenvalue weighted by Crippen LogP contribution is -2.16. The van der Waals surface area contributed by atoms with Gasteiger partial charge in [0.2, 0.25) is 0 Å². The van der Waals surface area contributed by atoms with Crippen LogP contribution in [0.4, 0.5) is 0 Å². The summed E-state index contributed by atoms with van der Waals surface area (Å²) >= 11 is 0. The van der Waals surface area contributed by atoms with E-state index in [1.165, 1.54) is 11.1 Å². The summed E-state index contributed by atoms with van der Waals surface area (Å²) in [5, 5.41) is 0. The van der Waals surface area contributed by atoms with E-state index in [1.54, 1.807) is 0 Å². The molecular weight excluding hydrogens is 182 g/mol. The van der Waals surface area contributed by atoms with Crippen molar-refractivity contribution in [2.45, 2.75) is 27.7 Å². The molecule has 0 N–H and O–H groups in total. The average molecular weight is 203 g/mol. The Labute approximate surface area is 93.8 Å². The molecule has 0 unspecified atom stereocenters. The quantitative estimate of drug-likeness (QED) is 0.537. The maximum absolute atomic E-state index is 3.70. The molecule has 1 heteroatoms. The molecule has 0 amide bonds. The third-order valence-corrected chi connectivity index (χ3v) is 2.16. The van der Waals surface area contributed by atoms with Crippen LogP contribution in [-0.4, -0.2) is 11.9 Å². The molecule has 15 heavy (non-hydrogen) atoms. The first-order valence-electron chi connectivity index (χ1n) is 5.39. The zero-order chi connectivity index (χ0) is 11.8. The Morgan fingerprint density at radius 1 is 1.27 bits per heavy atom. The highest BCUT2D eigenvalue weighted by Gasteiger charge is 2.14. The molecule has 0 saturated heterocycles. The molecule has 1 aliphatic heterocycles. The third-order valence-electron chi connectivity index (χ3n) is 2.16. The van der Waals surface area contributed by atoms with Crippen LogP contribution in [0.2, 0.25) is 0 Å². The van der Waals surface area contributed by atoms with Crippen molar-refractivity contribution in [1.82, 2.24) is 4.90 Å². The fourth-order valence-corrected chi connectivity index (χ4v) is 1.46. The van der Waals surface area contributed by atoms with E-state index in [0.717, 1.165) is 5.70 Å². The minimum Gasteiger partial charge on any atom is -0.344 e. The van der Waals surface area contributed by atoms with E-state index in [1.807, 2.05) is 45.8 Å². The minimum absolute atomic E-state index is 1.04. The Balaban J connectivity index is 0.000000921. The third kappa shape index (κ3) is 3.00. The summed E-state index contributed by atoms with van der Waals surface area (Å²) in [7, 11) is 2.00. The number of nitrogens with zero attached hydrogens (tertiary/aromatic N) is 1. The smallest absolute Gasteiger partial charge is 0.0907 e. The van der Waals surface area contributed by atoms with Crippen molar-refractivity contribution < 1.29 is 0 Å². The van der Waals surface area contributed by atoms with Gasteiger partial charge < -0.3 is 4.90 Å². The van der Waals surface area contributed by atoms with Gasteiger partial charge in [-0.2, -0.15) is 0 Å². The molecule has 0 spiro atoms. The number of hydrogen-bond donors (Lipinski definition) is 0. The Bertz CT molecular complexity index is 336. The molecule has 1 nitrogen and oxygen atoms in total. The summed E-state index contributed by atoms with van der Waals surface area (Å²) in [5.41, 5.74) is 6.42. The molecule has 0 atom stereocenters. The SMILES string of the molecule is C=C=C1C(=C/C)/C(=C\C)C=CN1C.CC. The first-order valence-corrected chi connectivity index (χ1v) is 5.39. The highest BCUT2D eigenvalue weighted by atomic mass is 15.1. The Morgan fingerprint density at radius 3 is 2.27 bits per heavy atom. The zero-order valence-corrected chi connectivity index (χ0v) is 10.5. The van der Waals surface area contributed by atoms with Crippen LogP contribution in [0.3, 0.4) is 0 Å². The molecular formula is C14H21N. The largest absolute Gasteiger partial charge is 0.344 e. The molecule has 0 saturated carbocycles. The maximum atomic E-state index is 3.70. The number of rotatable bonds is 0. The average Bonchev–Trinajstić information content (AvgIpc) is 2.31. The minimum atomic E-state index is 1.04. The van der Waals surface area contributed by atoms with Crippen LogP contribution in [0, 0.1) is 0 Å². The van der Waals surface area contributed by atoms with Crippen molar-refractivity contribution in [2.75, 3.05) is 7.05 Å². The second kappa shape index (κ2) is 6.92. The second-order valence-electron chi connectivity index (χ2n) is 2.90. The van der Waals surface area contributed by atoms with E-state index < -0.39 is 0 Å². The van der Waals surface area contributed by atoms with Crippen molar-refractivity contribution in [3.05, 3.63) is 53.6 Å². The van der Waals surface area contributed by atoms with Crippen LogP contribution < -0.4 is 0 Å². The van der Waals surface area contributed by atoms with Crippen molar-refractivity contribution in [3.63, 3.8) is 0 Å². The number of hydrogen-bond acceptors (Lipinski definition) is 1. The van der Waals surface area contributed by atoms with Gasteiger partial charge in [-0.25, -0.2) is 0 Å². The number of likely N-dealkylation sites (N-methyl/N-ethyl adjacent to an activating group) is 1. The van der Waals surface area contributed by atoms with Crippen molar-refractivity contribution in [1.29, 1.82) is 0 Å². The van der Waals surface area contributed by atoms with Crippen LogP contribution in [0.1, 0.15) is 27.7 Å². The molecule has 1 aliphatic rings. The monoisotopic (exact) mass is 203 g/mol. The standard InChI is InChI=1S/C12H15N.C2H6/c1-5-10-8-9-13(4)12(7-3)11(10)6-2;1-2/h5-6,8-9H,3H2,1-2,4H3;1-2H3/b10-5-,11-6+;. The lowest BCUT2D eigenvalue weighted by atomic mass is 9.99. The molecule has 1 heterocycles. The summed E-state index contributed by atoms with van der Waals surface area (Å²) in [6.07, 6.45) is 8.30. The van der Waals surface area contributed by atoms with Gasteiger partial charge in [-0.15, -0.1) is 5.73 Å². The van der Waals surface area contributed by atoms with E-state index in [-0.39, 0.29) is 0 Å². The molecule has 0 radical (unpaired) electrons. The van der Waals surface area contributed by atoms with Crippen molar-refractivity contribution in [2.24, 2.45) is 0 Å². The predicted molar refractivity (Wildman–Crippen MR) is 68.4 cm³/mol. The first-order chi connectivity index (χ1) is 7.24. The summed E-state index contributed by atoms with van der Waals surface area (Å²) < 4.78 is 0. The summed E-state index contributed by atoms with van der Waals surface area (Å²) in [4.78, 5) is 2.02. The molecule has 0 aromatic rings. The van der Waals surface area contributed by atoms with Gasteiger partial charge in [0.05, 0.1) is 5.70 Å². The molecule has 0 aromatic heterocycles. The maximum Gasteiger partial charge on any atom is 0.0907 e. The van der Waals surface area contributed by atoms with Gasteiger partial charge in [-0.3, -0.25) is 0 Å². The summed E-state index contributed by atoms with van der Waals surface area (Å²) in [5.74, 6) is 0. The van der Waals surface area contributed by atoms with Crippen LogP contribution in [0.15, 0.2) is 53.6 Å². The number of allylic oxidation sites excluding steroid dienone is 4. The zero-order valence-electron chi connectivity index (χ0n) is 10.5. The Morgan fingerprint density at radius 2 is 1.87 bits per heavy atom. The molecule has 82 valence electrons. The van der Waals surface area contributed by atoms with Crippen LogP contribution in [0.25, 0.3) is 0 Å². The lowest BCUT2D eigenvalue weighted by Gasteiger charge is -2.24. The van der Waals surface area contributed by atoms with Crippen LogP contribution in [0.5, 0.6) is 0 Å². The highest BCUT2D eigenvalue weighted by molar-refractivity contribution is 5.53. The van der Waals surface area contributed by atoms with E-state index in [2.05, 4.69) is 30.5 Å². The van der Waals surface area contributed by atoms with Gasteiger partial charge in [-0.05, 0) is 25.5 Å². The second-order valence-corrected chi connectivity index (χ2v) is 2.90. The molecule has 0 fully saturated rings. The van der Waals surface area contributed by atoms with Gasteiger partial charge in [0.25, 0.3) is 0 Å². The van der Waals surface area contributed by atoms with E-state index in [4.69, 9.17) is 0 Å². The predicted octanol–water partition coefficient (Wildman–Crippen LogP) is 4.03. The molecule has 0 aromatic carbocycles. The van der Waals surface area contributed by atoms with E-state index in [9.17, 15) is 0 Å². The highest BCUT2D eigenvalue weighted by Crippen LogP contribution is 2.26. The van der Waals surface area contributed by atoms with Crippen molar-refractivity contribution in [3.8, 4) is 0 Å². The van der Waals surface area contributed by atoms with E-state index >= 15 is 0 Å². The van der Waals surface area contributed by atoms with Gasteiger partial charge in [0, 0.05) is 18.8 Å². The van der Waals surface area contributed by atoms with Gasteiger partial charge in [0.1, 0.15) is 0 Å². The van der Waals surface area contributed by atoms with Crippen LogP contribution in [-0.2, 0) is 0 Å². The van der Waals surface area contributed by atoms with Gasteiger partial charge in [-0.1, -0.05) is 32.6 Å². The molecule has 0 bridgehead atoms. The molecule has 0 aliphatic carbocycles. The first kappa shape index (κ1) is 13.5.